The Kier molecular flexibility index (Phi) is 2.35. The summed E-state index contributed by atoms with van der Waals surface area (Å²) in [6, 6.07) is 2.37. The maximum atomic E-state index is 13.1. The Morgan fingerprint density at radius 2 is 1.71 bits per heavy atom. The van der Waals surface area contributed by atoms with Gasteiger partial charge in [-0.1, -0.05) is 0 Å². The van der Waals surface area contributed by atoms with E-state index in [1.165, 1.54) is 12.1 Å². The first-order valence-electron chi connectivity index (χ1n) is 4.40. The summed E-state index contributed by atoms with van der Waals surface area (Å²) in [6.45, 7) is 0. The van der Waals surface area contributed by atoms with Crippen LogP contribution in [0.1, 0.15) is 24.8 Å². The predicted molar refractivity (Wildman–Crippen MR) is 51.8 cm³/mol. The van der Waals surface area contributed by atoms with E-state index in [0.29, 0.717) is 18.4 Å². The Morgan fingerprint density at radius 3 is 2.07 bits per heavy atom. The van der Waals surface area contributed by atoms with Crippen molar-refractivity contribution in [2.75, 3.05) is 0 Å². The molecule has 0 spiro atoms. The number of halogens is 3. The van der Waals surface area contributed by atoms with Crippen LogP contribution in [0.15, 0.2) is 16.6 Å². The van der Waals surface area contributed by atoms with Crippen LogP contribution in [0.25, 0.3) is 0 Å². The summed E-state index contributed by atoms with van der Waals surface area (Å²) in [5.41, 5.74) is -0.676. The Balaban J connectivity index is 2.45. The maximum absolute atomic E-state index is 13.1. The first-order chi connectivity index (χ1) is 6.53. The van der Waals surface area contributed by atoms with Gasteiger partial charge in [-0.15, -0.1) is 0 Å². The van der Waals surface area contributed by atoms with E-state index in [2.05, 4.69) is 15.9 Å². The Bertz CT molecular complexity index is 351. The van der Waals surface area contributed by atoms with Gasteiger partial charge in [0.25, 0.3) is 0 Å². The first-order valence-corrected chi connectivity index (χ1v) is 5.20. The van der Waals surface area contributed by atoms with E-state index >= 15 is 0 Å². The van der Waals surface area contributed by atoms with Crippen LogP contribution in [-0.4, -0.2) is 5.11 Å². The smallest absolute Gasteiger partial charge is 0.140 e. The molecule has 1 saturated carbocycles. The molecule has 0 aromatic heterocycles. The van der Waals surface area contributed by atoms with Crippen LogP contribution in [0.4, 0.5) is 8.78 Å². The van der Waals surface area contributed by atoms with Crippen molar-refractivity contribution in [1.82, 2.24) is 0 Å². The highest BCUT2D eigenvalue weighted by Gasteiger charge is 2.37. The van der Waals surface area contributed by atoms with E-state index in [-0.39, 0.29) is 4.47 Å². The molecule has 0 amide bonds. The summed E-state index contributed by atoms with van der Waals surface area (Å²) in [6.07, 6.45) is 2.05. The summed E-state index contributed by atoms with van der Waals surface area (Å²) in [4.78, 5) is 0. The minimum Gasteiger partial charge on any atom is -0.385 e. The quantitative estimate of drug-likeness (QED) is 0.772. The van der Waals surface area contributed by atoms with Gasteiger partial charge in [-0.25, -0.2) is 8.78 Å². The predicted octanol–water partition coefficient (Wildman–Crippen LogP) is 3.10. The van der Waals surface area contributed by atoms with E-state index in [4.69, 9.17) is 0 Å². The van der Waals surface area contributed by atoms with E-state index < -0.39 is 17.2 Å². The zero-order valence-corrected chi connectivity index (χ0v) is 8.94. The van der Waals surface area contributed by atoms with Crippen molar-refractivity contribution in [3.8, 4) is 0 Å². The van der Waals surface area contributed by atoms with Crippen LogP contribution in [0.2, 0.25) is 0 Å². The van der Waals surface area contributed by atoms with Gasteiger partial charge in [0, 0.05) is 0 Å². The van der Waals surface area contributed by atoms with E-state index in [9.17, 15) is 13.9 Å². The summed E-state index contributed by atoms with van der Waals surface area (Å²) in [7, 11) is 0. The SMILES string of the molecule is OC1(c2cc(F)c(Br)c(F)c2)CCC1. The van der Waals surface area contributed by atoms with Gasteiger partial charge in [-0.2, -0.15) is 0 Å². The van der Waals surface area contributed by atoms with E-state index in [1.807, 2.05) is 0 Å². The molecule has 0 unspecified atom stereocenters. The molecule has 4 heteroatoms. The highest BCUT2D eigenvalue weighted by Crippen LogP contribution is 2.42. The van der Waals surface area contributed by atoms with Gasteiger partial charge in [0.05, 0.1) is 10.1 Å². The number of hydrogen-bond donors (Lipinski definition) is 1. The fourth-order valence-corrected chi connectivity index (χ4v) is 1.85. The highest BCUT2D eigenvalue weighted by molar-refractivity contribution is 9.10. The van der Waals surface area contributed by atoms with Gasteiger partial charge in [-0.3, -0.25) is 0 Å². The van der Waals surface area contributed by atoms with Crippen molar-refractivity contribution in [1.29, 1.82) is 0 Å². The molecule has 1 N–H and O–H groups in total. The van der Waals surface area contributed by atoms with E-state index in [1.54, 1.807) is 0 Å². The van der Waals surface area contributed by atoms with Crippen molar-refractivity contribution < 1.29 is 13.9 Å². The molecule has 1 aromatic rings. The van der Waals surface area contributed by atoms with Crippen LogP contribution < -0.4 is 0 Å². The van der Waals surface area contributed by atoms with Gasteiger partial charge in [0.15, 0.2) is 0 Å². The third kappa shape index (κ3) is 1.46. The van der Waals surface area contributed by atoms with Crippen molar-refractivity contribution >= 4 is 15.9 Å². The molecule has 1 aliphatic carbocycles. The topological polar surface area (TPSA) is 20.2 Å². The standard InChI is InChI=1S/C10H9BrF2O/c11-9-7(12)4-6(5-8(9)13)10(14)2-1-3-10/h4-5,14H,1-3H2. The molecule has 0 saturated heterocycles. The molecule has 0 heterocycles. The van der Waals surface area contributed by atoms with Gasteiger partial charge < -0.3 is 5.11 Å². The molecule has 0 atom stereocenters. The monoisotopic (exact) mass is 262 g/mol. The van der Waals surface area contributed by atoms with Crippen LogP contribution in [0.3, 0.4) is 0 Å². The summed E-state index contributed by atoms with van der Waals surface area (Å²) >= 11 is 2.79. The largest absolute Gasteiger partial charge is 0.385 e. The van der Waals surface area contributed by atoms with Crippen molar-refractivity contribution in [3.63, 3.8) is 0 Å². The van der Waals surface area contributed by atoms with Gasteiger partial charge >= 0.3 is 0 Å². The molecule has 76 valence electrons. The highest BCUT2D eigenvalue weighted by atomic mass is 79.9. The minimum atomic E-state index is -1.01. The zero-order chi connectivity index (χ0) is 10.3. The maximum Gasteiger partial charge on any atom is 0.140 e. The third-order valence-corrected chi connectivity index (χ3v) is 3.46. The van der Waals surface area contributed by atoms with Gasteiger partial charge in [0.2, 0.25) is 0 Å². The molecule has 1 nitrogen and oxygen atoms in total. The second kappa shape index (κ2) is 3.28. The fraction of sp³-hybridized carbons (Fsp3) is 0.400. The molecule has 1 aromatic carbocycles. The van der Waals surface area contributed by atoms with Crippen molar-refractivity contribution in [2.45, 2.75) is 24.9 Å². The van der Waals surface area contributed by atoms with Crippen molar-refractivity contribution in [2.24, 2.45) is 0 Å². The lowest BCUT2D eigenvalue weighted by Crippen LogP contribution is -2.33. The summed E-state index contributed by atoms with van der Waals surface area (Å²) in [5, 5.41) is 9.87. The second-order valence-electron chi connectivity index (χ2n) is 3.64. The van der Waals surface area contributed by atoms with Crippen molar-refractivity contribution in [3.05, 3.63) is 33.8 Å². The van der Waals surface area contributed by atoms with Crippen LogP contribution in [0.5, 0.6) is 0 Å². The normalized spacial score (nSPS) is 19.1. The number of benzene rings is 1. The molecule has 0 aliphatic heterocycles. The third-order valence-electron chi connectivity index (χ3n) is 2.70. The minimum absolute atomic E-state index is 0.177. The summed E-state index contributed by atoms with van der Waals surface area (Å²) < 4.78 is 26.1. The molecule has 0 radical (unpaired) electrons. The Hall–Kier alpha value is -0.480. The van der Waals surface area contributed by atoms with Gasteiger partial charge in [0.1, 0.15) is 11.6 Å². The van der Waals surface area contributed by atoms with Gasteiger partial charge in [-0.05, 0) is 52.9 Å². The van der Waals surface area contributed by atoms with Crippen LogP contribution in [0, 0.1) is 11.6 Å². The number of aliphatic hydroxyl groups is 1. The average Bonchev–Trinajstić information content (AvgIpc) is 2.09. The molecular weight excluding hydrogens is 254 g/mol. The molecule has 0 bridgehead atoms. The molecule has 1 aliphatic rings. The lowest BCUT2D eigenvalue weighted by Gasteiger charge is -2.37. The van der Waals surface area contributed by atoms with Crippen LogP contribution >= 0.6 is 15.9 Å². The zero-order valence-electron chi connectivity index (χ0n) is 7.36. The second-order valence-corrected chi connectivity index (χ2v) is 4.43. The number of hydrogen-bond acceptors (Lipinski definition) is 1. The lowest BCUT2D eigenvalue weighted by molar-refractivity contribution is -0.0392. The Labute approximate surface area is 88.9 Å². The summed E-state index contributed by atoms with van der Waals surface area (Å²) in [5.74, 6) is -1.33. The Morgan fingerprint density at radius 1 is 1.21 bits per heavy atom. The fourth-order valence-electron chi connectivity index (χ4n) is 1.62. The van der Waals surface area contributed by atoms with Crippen LogP contribution in [-0.2, 0) is 5.60 Å². The number of rotatable bonds is 1. The lowest BCUT2D eigenvalue weighted by atomic mass is 9.75. The molecule has 2 rings (SSSR count). The molecule has 1 fully saturated rings. The average molecular weight is 263 g/mol. The van der Waals surface area contributed by atoms with E-state index in [0.717, 1.165) is 6.42 Å². The molecular formula is C10H9BrF2O. The first kappa shape index (κ1) is 10.1. The molecule has 14 heavy (non-hydrogen) atoms.